The number of aromatic nitrogens is 1. The Balaban J connectivity index is 2.26. The summed E-state index contributed by atoms with van der Waals surface area (Å²) in [5.74, 6) is -2.08. The summed E-state index contributed by atoms with van der Waals surface area (Å²) in [4.78, 5) is 27.1. The summed E-state index contributed by atoms with van der Waals surface area (Å²) in [6, 6.07) is 3.59. The van der Waals surface area contributed by atoms with Gasteiger partial charge in [-0.3, -0.25) is 4.79 Å². The molecule has 0 saturated carbocycles. The third-order valence-corrected chi connectivity index (χ3v) is 6.30. The molecule has 11 heteroatoms. The van der Waals surface area contributed by atoms with Crippen LogP contribution in [0.25, 0.3) is 0 Å². The highest BCUT2D eigenvalue weighted by molar-refractivity contribution is 7.89. The number of nitrogens with zero attached hydrogens (tertiary/aromatic N) is 1. The van der Waals surface area contributed by atoms with E-state index in [0.29, 0.717) is 5.69 Å². The van der Waals surface area contributed by atoms with E-state index in [2.05, 4.69) is 10.3 Å². The van der Waals surface area contributed by atoms with Crippen LogP contribution >= 0.6 is 11.6 Å². The Hall–Kier alpha value is -2.43. The van der Waals surface area contributed by atoms with Gasteiger partial charge in [-0.25, -0.2) is 17.6 Å². The number of carbonyl (C=O) groups is 2. The number of esters is 1. The minimum Gasteiger partial charge on any atom is -0.462 e. The van der Waals surface area contributed by atoms with Gasteiger partial charge in [-0.2, -0.15) is 4.31 Å². The second-order valence-electron chi connectivity index (χ2n) is 6.24. The molecule has 0 atom stereocenters. The fraction of sp³-hybridized carbons (Fsp3) is 0.333. The number of aromatic amines is 1. The number of H-pyrrole nitrogens is 1. The zero-order valence-corrected chi connectivity index (χ0v) is 17.9. The van der Waals surface area contributed by atoms with Crippen LogP contribution in [-0.4, -0.2) is 49.8 Å². The van der Waals surface area contributed by atoms with Crippen LogP contribution in [0, 0.1) is 19.7 Å². The highest BCUT2D eigenvalue weighted by Crippen LogP contribution is 2.27. The third-order valence-electron chi connectivity index (χ3n) is 4.04. The van der Waals surface area contributed by atoms with E-state index in [4.69, 9.17) is 16.3 Å². The number of aryl methyl sites for hydroxylation is 2. The first-order valence-electron chi connectivity index (χ1n) is 8.56. The minimum atomic E-state index is -4.19. The summed E-state index contributed by atoms with van der Waals surface area (Å²) >= 11 is 5.67. The number of nitrogens with one attached hydrogen (secondary N) is 2. The first kappa shape index (κ1) is 22.9. The molecule has 0 fully saturated rings. The van der Waals surface area contributed by atoms with Crippen molar-refractivity contribution in [3.05, 3.63) is 46.0 Å². The molecule has 0 saturated heterocycles. The highest BCUT2D eigenvalue weighted by Gasteiger charge is 2.33. The normalized spacial score (nSPS) is 11.6. The van der Waals surface area contributed by atoms with Gasteiger partial charge in [-0.15, -0.1) is 0 Å². The zero-order valence-electron chi connectivity index (χ0n) is 16.3. The van der Waals surface area contributed by atoms with E-state index in [9.17, 15) is 22.4 Å². The molecule has 0 bridgehead atoms. The number of amides is 1. The van der Waals surface area contributed by atoms with Crippen molar-refractivity contribution in [3.63, 3.8) is 0 Å². The molecule has 29 heavy (non-hydrogen) atoms. The second-order valence-corrected chi connectivity index (χ2v) is 8.63. The summed E-state index contributed by atoms with van der Waals surface area (Å²) in [6.07, 6.45) is 0. The molecule has 2 aromatic rings. The molecule has 0 unspecified atom stereocenters. The van der Waals surface area contributed by atoms with Crippen LogP contribution in [0.3, 0.4) is 0 Å². The van der Waals surface area contributed by atoms with E-state index in [-0.39, 0.29) is 33.5 Å². The van der Waals surface area contributed by atoms with Crippen LogP contribution < -0.4 is 5.32 Å². The van der Waals surface area contributed by atoms with E-state index in [1.54, 1.807) is 13.8 Å². The maximum absolute atomic E-state index is 13.2. The summed E-state index contributed by atoms with van der Waals surface area (Å²) in [6.45, 7) is 4.23. The van der Waals surface area contributed by atoms with Gasteiger partial charge in [0.15, 0.2) is 0 Å². The molecule has 0 spiro atoms. The van der Waals surface area contributed by atoms with E-state index in [1.165, 1.54) is 26.1 Å². The fourth-order valence-electron chi connectivity index (χ4n) is 2.75. The van der Waals surface area contributed by atoms with Crippen LogP contribution in [-0.2, 0) is 19.6 Å². The number of carbonyl (C=O) groups excluding carboxylic acids is 2. The lowest BCUT2D eigenvalue weighted by Crippen LogP contribution is -2.35. The van der Waals surface area contributed by atoms with Crippen LogP contribution in [0.4, 0.5) is 10.1 Å². The number of likely N-dealkylation sites (N-methyl/N-ethyl adjacent to an activating group) is 1. The maximum Gasteiger partial charge on any atom is 0.341 e. The van der Waals surface area contributed by atoms with Gasteiger partial charge >= 0.3 is 5.97 Å². The van der Waals surface area contributed by atoms with Gasteiger partial charge in [-0.05, 0) is 39.0 Å². The number of benzene rings is 1. The van der Waals surface area contributed by atoms with Crippen LogP contribution in [0.1, 0.15) is 28.7 Å². The molecule has 2 N–H and O–H groups in total. The molecule has 1 amide bonds. The molecule has 158 valence electrons. The molecule has 0 aliphatic heterocycles. The minimum absolute atomic E-state index is 0.0838. The second kappa shape index (κ2) is 8.93. The average Bonchev–Trinajstić information content (AvgIpc) is 2.93. The largest absolute Gasteiger partial charge is 0.462 e. The van der Waals surface area contributed by atoms with E-state index in [1.807, 2.05) is 0 Å². The van der Waals surface area contributed by atoms with Gasteiger partial charge < -0.3 is 15.0 Å². The summed E-state index contributed by atoms with van der Waals surface area (Å²) in [5, 5.41) is 2.27. The predicted molar refractivity (Wildman–Crippen MR) is 106 cm³/mol. The Kier molecular flexibility index (Phi) is 7.04. The smallest absolute Gasteiger partial charge is 0.341 e. The first-order chi connectivity index (χ1) is 13.5. The molecule has 2 rings (SSSR count). The Morgan fingerprint density at radius 1 is 1.28 bits per heavy atom. The van der Waals surface area contributed by atoms with Gasteiger partial charge in [0.25, 0.3) is 0 Å². The monoisotopic (exact) mass is 445 g/mol. The molecular formula is C18H21ClFN3O5S. The molecule has 8 nitrogen and oxygen atoms in total. The molecular weight excluding hydrogens is 425 g/mol. The van der Waals surface area contributed by atoms with E-state index >= 15 is 0 Å². The Morgan fingerprint density at radius 3 is 2.52 bits per heavy atom. The molecule has 1 aromatic carbocycles. The lowest BCUT2D eigenvalue weighted by Gasteiger charge is -2.18. The highest BCUT2D eigenvalue weighted by atomic mass is 35.5. The third kappa shape index (κ3) is 4.95. The Bertz CT molecular complexity index is 1050. The SMILES string of the molecule is CCOC(=O)c1c(C)[nH]c(C)c1S(=O)(=O)N(C)CC(=O)Nc1ccc(F)c(Cl)c1. The lowest BCUT2D eigenvalue weighted by molar-refractivity contribution is -0.116. The number of anilines is 1. The van der Waals surface area contributed by atoms with Crippen molar-refractivity contribution in [1.29, 1.82) is 0 Å². The van der Waals surface area contributed by atoms with Crippen molar-refractivity contribution in [2.45, 2.75) is 25.7 Å². The van der Waals surface area contributed by atoms with Gasteiger partial charge in [0, 0.05) is 24.1 Å². The maximum atomic E-state index is 13.2. The van der Waals surface area contributed by atoms with E-state index < -0.39 is 34.3 Å². The number of hydrogen-bond acceptors (Lipinski definition) is 5. The van der Waals surface area contributed by atoms with Crippen LogP contribution in [0.5, 0.6) is 0 Å². The Labute approximate surface area is 173 Å². The number of ether oxygens (including phenoxy) is 1. The predicted octanol–water partition coefficient (Wildman–Crippen LogP) is 2.86. The van der Waals surface area contributed by atoms with Gasteiger partial charge in [0.05, 0.1) is 18.2 Å². The molecule has 0 aliphatic rings. The number of sulfonamides is 1. The quantitative estimate of drug-likeness (QED) is 0.637. The van der Waals surface area contributed by atoms with Crippen LogP contribution in [0.2, 0.25) is 5.02 Å². The summed E-state index contributed by atoms with van der Waals surface area (Å²) in [7, 11) is -2.98. The van der Waals surface area contributed by atoms with Crippen molar-refractivity contribution in [2.24, 2.45) is 0 Å². The number of rotatable bonds is 7. The van der Waals surface area contributed by atoms with Crippen molar-refractivity contribution in [1.82, 2.24) is 9.29 Å². The zero-order chi connectivity index (χ0) is 21.9. The number of hydrogen-bond donors (Lipinski definition) is 2. The topological polar surface area (TPSA) is 109 Å². The standard InChI is InChI=1S/C18H21ClFN3O5S/c1-5-28-18(25)16-10(2)21-11(3)17(16)29(26,27)23(4)9-15(24)22-12-6-7-14(20)13(19)8-12/h6-8,21H,5,9H2,1-4H3,(H,22,24). The van der Waals surface area contributed by atoms with Crippen molar-refractivity contribution < 1.29 is 27.1 Å². The van der Waals surface area contributed by atoms with Crippen LogP contribution in [0.15, 0.2) is 23.1 Å². The van der Waals surface area contributed by atoms with Gasteiger partial charge in [-0.1, -0.05) is 11.6 Å². The fourth-order valence-corrected chi connectivity index (χ4v) is 4.46. The molecule has 1 heterocycles. The molecule has 0 aliphatic carbocycles. The van der Waals surface area contributed by atoms with E-state index in [0.717, 1.165) is 10.4 Å². The Morgan fingerprint density at radius 2 is 1.93 bits per heavy atom. The van der Waals surface area contributed by atoms with Gasteiger partial charge in [0.2, 0.25) is 15.9 Å². The average molecular weight is 446 g/mol. The van der Waals surface area contributed by atoms with Crippen molar-refractivity contribution in [3.8, 4) is 0 Å². The van der Waals surface area contributed by atoms with Gasteiger partial charge in [0.1, 0.15) is 16.3 Å². The molecule has 1 aromatic heterocycles. The lowest BCUT2D eigenvalue weighted by atomic mass is 10.2. The number of halogens is 2. The first-order valence-corrected chi connectivity index (χ1v) is 10.4. The molecule has 0 radical (unpaired) electrons. The summed E-state index contributed by atoms with van der Waals surface area (Å²) < 4.78 is 45.0. The van der Waals surface area contributed by atoms with Crippen molar-refractivity contribution in [2.75, 3.05) is 25.5 Å². The summed E-state index contributed by atoms with van der Waals surface area (Å²) in [5.41, 5.74) is 0.719. The van der Waals surface area contributed by atoms with Crippen molar-refractivity contribution >= 4 is 39.2 Å².